The van der Waals surface area contributed by atoms with Crippen molar-refractivity contribution in [1.29, 1.82) is 0 Å². The molecule has 0 aliphatic carbocycles. The first kappa shape index (κ1) is 24.8. The Hall–Kier alpha value is -2.92. The van der Waals surface area contributed by atoms with Crippen molar-refractivity contribution in [2.45, 2.75) is 43.5 Å². The van der Waals surface area contributed by atoms with E-state index >= 15 is 0 Å². The highest BCUT2D eigenvalue weighted by molar-refractivity contribution is 6.33. The highest BCUT2D eigenvalue weighted by Gasteiger charge is 2.31. The van der Waals surface area contributed by atoms with E-state index in [1.165, 1.54) is 12.7 Å². The minimum absolute atomic E-state index is 0.237. The molecule has 2 fully saturated rings. The molecule has 2 saturated heterocycles. The predicted molar refractivity (Wildman–Crippen MR) is 132 cm³/mol. The fraction of sp³-hybridized carbons (Fsp3) is 0.480. The van der Waals surface area contributed by atoms with Crippen LogP contribution in [0, 0.1) is 0 Å². The van der Waals surface area contributed by atoms with Crippen LogP contribution in [-0.4, -0.2) is 87.9 Å². The van der Waals surface area contributed by atoms with Crippen LogP contribution in [0.3, 0.4) is 0 Å². The van der Waals surface area contributed by atoms with Gasteiger partial charge in [-0.1, -0.05) is 35.9 Å². The van der Waals surface area contributed by atoms with Crippen LogP contribution < -0.4 is 4.74 Å². The summed E-state index contributed by atoms with van der Waals surface area (Å²) in [4.78, 5) is 25.6. The van der Waals surface area contributed by atoms with E-state index in [0.29, 0.717) is 47.3 Å². The molecule has 3 N–H and O–H groups in total. The SMILES string of the molecule is COC(=O)N1CCC(c2ccc(-c3nc4nc(OC5COC(CO)C(O)C5)[nH]c4cc3Cl)cc2)CC1. The number of rotatable bonds is 5. The monoisotopic (exact) mass is 516 g/mol. The number of hydrogen-bond acceptors (Lipinski definition) is 8. The Labute approximate surface area is 213 Å². The smallest absolute Gasteiger partial charge is 0.409 e. The van der Waals surface area contributed by atoms with Gasteiger partial charge in [-0.05, 0) is 30.4 Å². The molecule has 4 heterocycles. The number of nitrogens with one attached hydrogen (secondary N) is 1. The Bertz CT molecular complexity index is 1210. The number of pyridine rings is 1. The summed E-state index contributed by atoms with van der Waals surface area (Å²) in [6.07, 6.45) is 0.0362. The van der Waals surface area contributed by atoms with Gasteiger partial charge in [-0.25, -0.2) is 9.78 Å². The lowest BCUT2D eigenvalue weighted by molar-refractivity contribution is -0.131. The average Bonchev–Trinajstić information content (AvgIpc) is 3.29. The normalized spacial score (nSPS) is 23.1. The Morgan fingerprint density at radius 3 is 2.67 bits per heavy atom. The van der Waals surface area contributed by atoms with Gasteiger partial charge in [0.25, 0.3) is 6.01 Å². The maximum atomic E-state index is 11.7. The fourth-order valence-electron chi connectivity index (χ4n) is 4.84. The van der Waals surface area contributed by atoms with Gasteiger partial charge < -0.3 is 34.3 Å². The van der Waals surface area contributed by atoms with Crippen molar-refractivity contribution in [2.75, 3.05) is 33.4 Å². The van der Waals surface area contributed by atoms with Gasteiger partial charge in [0.15, 0.2) is 5.65 Å². The number of hydrogen-bond donors (Lipinski definition) is 3. The van der Waals surface area contributed by atoms with Gasteiger partial charge in [0.05, 0.1) is 42.7 Å². The lowest BCUT2D eigenvalue weighted by Crippen LogP contribution is -2.45. The molecule has 2 aliphatic rings. The van der Waals surface area contributed by atoms with Crippen molar-refractivity contribution in [3.8, 4) is 17.3 Å². The molecule has 3 unspecified atom stereocenters. The summed E-state index contributed by atoms with van der Waals surface area (Å²) in [7, 11) is 1.41. The molecule has 0 spiro atoms. The van der Waals surface area contributed by atoms with Crippen molar-refractivity contribution in [3.63, 3.8) is 0 Å². The standard InChI is InChI=1S/C25H29ClN4O6/c1-34-25(33)30-8-6-15(7-9-30)14-2-4-16(5-3-14)22-18(26)11-19-23(28-22)29-24(27-19)36-17-10-20(32)21(12-31)35-13-17/h2-5,11,15,17,20-21,31-32H,6-10,12-13H2,1H3,(H,27,28,29). The zero-order valence-corrected chi connectivity index (χ0v) is 20.6. The second-order valence-corrected chi connectivity index (χ2v) is 9.59. The molecule has 5 rings (SSSR count). The zero-order chi connectivity index (χ0) is 25.2. The van der Waals surface area contributed by atoms with Crippen molar-refractivity contribution < 1.29 is 29.2 Å². The van der Waals surface area contributed by atoms with Crippen LogP contribution >= 0.6 is 11.6 Å². The van der Waals surface area contributed by atoms with Gasteiger partial charge in [-0.15, -0.1) is 0 Å². The number of ether oxygens (including phenoxy) is 3. The van der Waals surface area contributed by atoms with Gasteiger partial charge in [0.2, 0.25) is 0 Å². The largest absolute Gasteiger partial charge is 0.459 e. The third kappa shape index (κ3) is 5.12. The molecule has 10 nitrogen and oxygen atoms in total. The van der Waals surface area contributed by atoms with E-state index in [1.807, 2.05) is 12.1 Å². The zero-order valence-electron chi connectivity index (χ0n) is 19.9. The molecule has 2 aromatic heterocycles. The van der Waals surface area contributed by atoms with Crippen molar-refractivity contribution in [2.24, 2.45) is 0 Å². The molecule has 0 radical (unpaired) electrons. The number of carbonyl (C=O) groups is 1. The van der Waals surface area contributed by atoms with Crippen LogP contribution in [0.15, 0.2) is 30.3 Å². The summed E-state index contributed by atoms with van der Waals surface area (Å²) >= 11 is 6.56. The quantitative estimate of drug-likeness (QED) is 0.471. The molecule has 192 valence electrons. The number of H-pyrrole nitrogens is 1. The summed E-state index contributed by atoms with van der Waals surface area (Å²) < 4.78 is 16.1. The van der Waals surface area contributed by atoms with E-state index in [0.717, 1.165) is 18.4 Å². The second kappa shape index (κ2) is 10.6. The van der Waals surface area contributed by atoms with Gasteiger partial charge in [-0.3, -0.25) is 0 Å². The molecule has 1 aromatic carbocycles. The van der Waals surface area contributed by atoms with Crippen LogP contribution in [0.2, 0.25) is 5.02 Å². The molecule has 1 amide bonds. The maximum Gasteiger partial charge on any atom is 0.409 e. The Morgan fingerprint density at radius 2 is 2.00 bits per heavy atom. The first-order valence-electron chi connectivity index (χ1n) is 12.0. The number of carbonyl (C=O) groups excluding carboxylic acids is 1. The van der Waals surface area contributed by atoms with E-state index in [-0.39, 0.29) is 25.3 Å². The Kier molecular flexibility index (Phi) is 7.29. The number of fused-ring (bicyclic) bond motifs is 1. The topological polar surface area (TPSA) is 130 Å². The van der Waals surface area contributed by atoms with E-state index in [2.05, 4.69) is 27.1 Å². The summed E-state index contributed by atoms with van der Waals surface area (Å²) in [6.45, 7) is 1.37. The van der Waals surface area contributed by atoms with Gasteiger partial charge in [-0.2, -0.15) is 4.98 Å². The summed E-state index contributed by atoms with van der Waals surface area (Å²) in [5, 5.41) is 19.8. The van der Waals surface area contributed by atoms with E-state index in [9.17, 15) is 15.0 Å². The average molecular weight is 517 g/mol. The van der Waals surface area contributed by atoms with Crippen molar-refractivity contribution >= 4 is 28.9 Å². The minimum Gasteiger partial charge on any atom is -0.459 e. The highest BCUT2D eigenvalue weighted by Crippen LogP contribution is 2.33. The number of nitrogens with zero attached hydrogens (tertiary/aromatic N) is 3. The Morgan fingerprint density at radius 1 is 1.25 bits per heavy atom. The van der Waals surface area contributed by atoms with E-state index in [1.54, 1.807) is 11.0 Å². The van der Waals surface area contributed by atoms with Gasteiger partial charge >= 0.3 is 6.09 Å². The molecule has 36 heavy (non-hydrogen) atoms. The summed E-state index contributed by atoms with van der Waals surface area (Å²) in [5.41, 5.74) is 3.82. The number of likely N-dealkylation sites (tertiary alicyclic amines) is 1. The third-order valence-electron chi connectivity index (χ3n) is 6.88. The molecule has 0 saturated carbocycles. The molecule has 3 atom stereocenters. The number of aromatic amines is 1. The lowest BCUT2D eigenvalue weighted by Gasteiger charge is -2.31. The number of halogens is 1. The number of benzene rings is 1. The van der Waals surface area contributed by atoms with Crippen LogP contribution in [-0.2, 0) is 9.47 Å². The van der Waals surface area contributed by atoms with Gasteiger partial charge in [0.1, 0.15) is 12.2 Å². The summed E-state index contributed by atoms with van der Waals surface area (Å²) in [5.74, 6) is 0.381. The van der Waals surface area contributed by atoms with Crippen molar-refractivity contribution in [1.82, 2.24) is 19.9 Å². The number of piperidine rings is 1. The number of methoxy groups -OCH3 is 1. The van der Waals surface area contributed by atoms with E-state index < -0.39 is 18.3 Å². The number of imidazole rings is 1. The van der Waals surface area contributed by atoms with E-state index in [4.69, 9.17) is 25.8 Å². The number of aliphatic hydroxyl groups is 2. The van der Waals surface area contributed by atoms with Crippen LogP contribution in [0.1, 0.15) is 30.7 Å². The fourth-order valence-corrected chi connectivity index (χ4v) is 5.10. The molecule has 11 heteroatoms. The minimum atomic E-state index is -0.805. The lowest BCUT2D eigenvalue weighted by atomic mass is 9.89. The van der Waals surface area contributed by atoms with Crippen molar-refractivity contribution in [3.05, 3.63) is 40.9 Å². The second-order valence-electron chi connectivity index (χ2n) is 9.18. The third-order valence-corrected chi connectivity index (χ3v) is 7.16. The van der Waals surface area contributed by atoms with Crippen LogP contribution in [0.4, 0.5) is 4.79 Å². The van der Waals surface area contributed by atoms with Crippen LogP contribution in [0.25, 0.3) is 22.4 Å². The molecule has 0 bridgehead atoms. The maximum absolute atomic E-state index is 11.7. The highest BCUT2D eigenvalue weighted by atomic mass is 35.5. The first-order valence-corrected chi connectivity index (χ1v) is 12.4. The van der Waals surface area contributed by atoms with Gasteiger partial charge in [0, 0.05) is 25.1 Å². The molecular formula is C25H29ClN4O6. The Balaban J connectivity index is 1.27. The predicted octanol–water partition coefficient (Wildman–Crippen LogP) is 3.11. The summed E-state index contributed by atoms with van der Waals surface area (Å²) in [6, 6.07) is 10.2. The molecule has 2 aliphatic heterocycles. The number of aliphatic hydroxyl groups excluding tert-OH is 2. The number of aromatic nitrogens is 3. The number of amides is 1. The van der Waals surface area contributed by atoms with Crippen LogP contribution in [0.5, 0.6) is 6.01 Å². The molecular weight excluding hydrogens is 488 g/mol. The molecule has 3 aromatic rings. The first-order chi connectivity index (χ1) is 17.4.